The summed E-state index contributed by atoms with van der Waals surface area (Å²) in [5.41, 5.74) is 11.9. The average molecular weight is 1430 g/mol. The third-order valence-electron chi connectivity index (χ3n) is 17.4. The van der Waals surface area contributed by atoms with Crippen molar-refractivity contribution >= 4 is 97.0 Å². The number of amides is 6. The molecule has 534 valence electrons. The minimum Gasteiger partial charge on any atom is -0.378 e. The van der Waals surface area contributed by atoms with E-state index in [1.807, 2.05) is 61.5 Å². The zero-order valence-electron chi connectivity index (χ0n) is 58.0. The van der Waals surface area contributed by atoms with Gasteiger partial charge in [0.25, 0.3) is 17.7 Å². The van der Waals surface area contributed by atoms with Crippen LogP contribution in [0.3, 0.4) is 0 Å². The van der Waals surface area contributed by atoms with Gasteiger partial charge in [0.15, 0.2) is 0 Å². The highest BCUT2D eigenvalue weighted by Gasteiger charge is 2.23. The maximum Gasteiger partial charge on any atom is 0.338 e. The monoisotopic (exact) mass is 1430 g/mol. The Hall–Kier alpha value is -15.0. The third-order valence-corrected chi connectivity index (χ3v) is 17.4. The van der Waals surface area contributed by atoms with Gasteiger partial charge in [-0.05, 0) is 201 Å². The molecular formula is C83H67N15O10. The summed E-state index contributed by atoms with van der Waals surface area (Å²) in [6.07, 6.45) is 13.3. The van der Waals surface area contributed by atoms with Crippen molar-refractivity contribution in [3.8, 4) is 34.1 Å². The standard InChI is InChI=1S/C29H23N5O3.C28H21N5O3.C26H23N5O4/c1-3-27(35)31-22-8-5-9-24(17-22)34-25-14-15-30-18-26(25)33(29(34)37)23-12-10-20(11-13-23)28(36)32-21-7-4-6-19(2)16-21;1-2-26(34)30-21-9-6-10-23(17-21)33-24-15-16-29-18-25(24)32(28(33)36)22-13-11-19(12-14-22)27(35)31-20-7-4-3-5-8-20;1-2-24(32)28-19-4-3-5-21(16-19)31-22-10-11-27-17-23(22)30(26(31)34)20-8-6-18(7-9-20)25(33)29-12-14-35-15-13-29/h3-18H,1H2,2H3,(H,31,35)(H,32,36);2-18H,1H2,(H,30,34)(H,31,35);2-11,16-17H,1,12-15H2,(H,28,32). The maximum absolute atomic E-state index is 13.7. The zero-order chi connectivity index (χ0) is 75.4. The molecule has 0 atom stereocenters. The quantitative estimate of drug-likeness (QED) is 0.0531. The Morgan fingerprint density at radius 3 is 1.04 bits per heavy atom. The van der Waals surface area contributed by atoms with E-state index in [2.05, 4.69) is 61.3 Å². The number of nitrogens with one attached hydrogen (secondary N) is 5. The van der Waals surface area contributed by atoms with Crippen molar-refractivity contribution in [2.75, 3.05) is 52.9 Å². The summed E-state index contributed by atoms with van der Waals surface area (Å²) < 4.78 is 14.6. The SMILES string of the molecule is C=CC(=O)Nc1cccc(-n2c(=O)n(-c3ccc(C(=O)N4CCOCC4)cc3)c3cnccc32)c1.C=CC(=O)Nc1cccc(-n2c(=O)n(-c3ccc(C(=O)Nc4cccc(C)c4)cc3)c3cnccc32)c1.C=CC(=O)Nc1cccc(-n2c(=O)n(-c3ccc(C(=O)Nc4ccccc4)cc3)c3cnccc32)c1. The second kappa shape index (κ2) is 32.1. The Morgan fingerprint density at radius 1 is 0.352 bits per heavy atom. The van der Waals surface area contributed by atoms with E-state index in [0.717, 1.165) is 5.56 Å². The molecule has 14 aromatic rings. The van der Waals surface area contributed by atoms with E-state index in [-0.39, 0.29) is 52.5 Å². The number of fused-ring (bicyclic) bond motifs is 3. The van der Waals surface area contributed by atoms with Crippen LogP contribution in [0, 0.1) is 6.92 Å². The summed E-state index contributed by atoms with van der Waals surface area (Å²) in [6.45, 7) is 14.5. The Balaban J connectivity index is 0.000000143. The van der Waals surface area contributed by atoms with Crippen molar-refractivity contribution in [2.24, 2.45) is 0 Å². The van der Waals surface area contributed by atoms with Crippen LogP contribution in [0.1, 0.15) is 36.6 Å². The molecule has 6 aromatic heterocycles. The van der Waals surface area contributed by atoms with E-state index in [0.29, 0.717) is 139 Å². The first-order chi connectivity index (χ1) is 52.5. The Morgan fingerprint density at radius 2 is 0.676 bits per heavy atom. The fraction of sp³-hybridized carbons (Fsp3) is 0.0602. The van der Waals surface area contributed by atoms with Crippen molar-refractivity contribution < 1.29 is 33.5 Å². The lowest BCUT2D eigenvalue weighted by atomic mass is 10.1. The van der Waals surface area contributed by atoms with Gasteiger partial charge in [-0.15, -0.1) is 0 Å². The van der Waals surface area contributed by atoms with E-state index in [4.69, 9.17) is 4.74 Å². The second-order valence-electron chi connectivity index (χ2n) is 24.4. The van der Waals surface area contributed by atoms with Crippen LogP contribution in [-0.2, 0) is 19.1 Å². The lowest BCUT2D eigenvalue weighted by Crippen LogP contribution is -2.40. The summed E-state index contributed by atoms with van der Waals surface area (Å²) in [6, 6.07) is 63.6. The van der Waals surface area contributed by atoms with Crippen LogP contribution in [0.15, 0.2) is 308 Å². The molecule has 5 N–H and O–H groups in total. The minimum atomic E-state index is -0.345. The number of hydrogen-bond donors (Lipinski definition) is 5. The van der Waals surface area contributed by atoms with Crippen molar-refractivity contribution in [2.45, 2.75) is 6.92 Å². The molecule has 1 aliphatic heterocycles. The number of para-hydroxylation sites is 1. The first-order valence-corrected chi connectivity index (χ1v) is 33.8. The molecule has 25 nitrogen and oxygen atoms in total. The van der Waals surface area contributed by atoms with Crippen LogP contribution in [0.2, 0.25) is 0 Å². The highest BCUT2D eigenvalue weighted by molar-refractivity contribution is 6.06. The smallest absolute Gasteiger partial charge is 0.338 e. The van der Waals surface area contributed by atoms with Crippen molar-refractivity contribution in [1.29, 1.82) is 0 Å². The molecule has 6 amide bonds. The number of hydrogen-bond acceptors (Lipinski definition) is 13. The van der Waals surface area contributed by atoms with Crippen LogP contribution in [-0.4, -0.2) is 109 Å². The Kier molecular flexibility index (Phi) is 21.3. The number of aromatic nitrogens is 9. The van der Waals surface area contributed by atoms with Crippen LogP contribution < -0.4 is 43.7 Å². The fourth-order valence-electron chi connectivity index (χ4n) is 12.3. The van der Waals surface area contributed by atoms with Crippen LogP contribution in [0.25, 0.3) is 67.2 Å². The number of pyridine rings is 3. The van der Waals surface area contributed by atoms with E-state index >= 15 is 0 Å². The van der Waals surface area contributed by atoms with Crippen LogP contribution in [0.5, 0.6) is 0 Å². The predicted molar refractivity (Wildman–Crippen MR) is 417 cm³/mol. The molecule has 7 heterocycles. The highest BCUT2D eigenvalue weighted by Crippen LogP contribution is 2.28. The molecule has 1 fully saturated rings. The van der Waals surface area contributed by atoms with E-state index in [1.165, 1.54) is 22.8 Å². The van der Waals surface area contributed by atoms with Gasteiger partial charge in [0.05, 0.1) is 99.0 Å². The number of ether oxygens (including phenoxy) is 1. The zero-order valence-corrected chi connectivity index (χ0v) is 58.0. The molecule has 0 aliphatic carbocycles. The normalized spacial score (nSPS) is 11.6. The van der Waals surface area contributed by atoms with Crippen LogP contribution >= 0.6 is 0 Å². The first-order valence-electron chi connectivity index (χ1n) is 33.8. The van der Waals surface area contributed by atoms with Gasteiger partial charge in [0.1, 0.15) is 0 Å². The average Bonchev–Trinajstić information content (AvgIpc) is 1.61. The van der Waals surface area contributed by atoms with Gasteiger partial charge in [-0.2, -0.15) is 0 Å². The molecular weight excluding hydrogens is 1370 g/mol. The summed E-state index contributed by atoms with van der Waals surface area (Å²) >= 11 is 0. The first kappa shape index (κ1) is 71.4. The molecule has 8 aromatic carbocycles. The number of morpholine rings is 1. The summed E-state index contributed by atoms with van der Waals surface area (Å²) in [7, 11) is 0. The number of carbonyl (C=O) groups excluding carboxylic acids is 6. The largest absolute Gasteiger partial charge is 0.378 e. The van der Waals surface area contributed by atoms with Gasteiger partial charge in [-0.3, -0.25) is 71.1 Å². The number of rotatable bonds is 17. The molecule has 25 heteroatoms. The molecule has 0 bridgehead atoms. The van der Waals surface area contributed by atoms with E-state index < -0.39 is 0 Å². The molecule has 1 saturated heterocycles. The van der Waals surface area contributed by atoms with Gasteiger partial charge < -0.3 is 36.2 Å². The van der Waals surface area contributed by atoms with Gasteiger partial charge in [0, 0.05) is 76.8 Å². The van der Waals surface area contributed by atoms with Gasteiger partial charge in [-0.1, -0.05) is 68.3 Å². The number of carbonyl (C=O) groups is 6. The Bertz CT molecular complexity index is 6010. The number of anilines is 5. The highest BCUT2D eigenvalue weighted by atomic mass is 16.5. The van der Waals surface area contributed by atoms with E-state index in [1.54, 1.807) is 229 Å². The molecule has 0 saturated carbocycles. The summed E-state index contributed by atoms with van der Waals surface area (Å²) in [4.78, 5) is 129. The lowest BCUT2D eigenvalue weighted by molar-refractivity contribution is -0.112. The van der Waals surface area contributed by atoms with Gasteiger partial charge in [-0.25, -0.2) is 14.4 Å². The molecule has 1 aliphatic rings. The molecule has 0 radical (unpaired) electrons. The van der Waals surface area contributed by atoms with Gasteiger partial charge >= 0.3 is 17.1 Å². The molecule has 108 heavy (non-hydrogen) atoms. The number of benzene rings is 8. The van der Waals surface area contributed by atoms with Crippen molar-refractivity contribution in [3.05, 3.63) is 347 Å². The molecule has 0 unspecified atom stereocenters. The van der Waals surface area contributed by atoms with Crippen molar-refractivity contribution in [1.82, 2.24) is 47.3 Å². The molecule has 15 rings (SSSR count). The number of nitrogens with zero attached hydrogens (tertiary/aromatic N) is 10. The topological polar surface area (TPSA) is 294 Å². The maximum atomic E-state index is 13.7. The van der Waals surface area contributed by atoms with Gasteiger partial charge in [0.2, 0.25) is 17.7 Å². The van der Waals surface area contributed by atoms with Crippen LogP contribution in [0.4, 0.5) is 28.4 Å². The lowest BCUT2D eigenvalue weighted by Gasteiger charge is -2.26. The number of aryl methyl sites for hydroxylation is 1. The minimum absolute atomic E-state index is 0.0605. The van der Waals surface area contributed by atoms with E-state index in [9.17, 15) is 43.2 Å². The summed E-state index contributed by atoms with van der Waals surface area (Å²) in [5, 5.41) is 13.9. The fourth-order valence-corrected chi connectivity index (χ4v) is 12.3. The molecule has 0 spiro atoms. The predicted octanol–water partition coefficient (Wildman–Crippen LogP) is 12.2. The van der Waals surface area contributed by atoms with Crippen molar-refractivity contribution in [3.63, 3.8) is 0 Å². The summed E-state index contributed by atoms with van der Waals surface area (Å²) in [5.74, 6) is -1.58. The third kappa shape index (κ3) is 15.5. The number of imidazole rings is 3. The second-order valence-corrected chi connectivity index (χ2v) is 24.4. The Labute approximate surface area is 615 Å².